The van der Waals surface area contributed by atoms with Gasteiger partial charge < -0.3 is 0 Å². The predicted octanol–water partition coefficient (Wildman–Crippen LogP) is -1.17. The third-order valence-electron chi connectivity index (χ3n) is 0.612. The number of H-pyrrole nitrogens is 2. The first-order valence-electron chi connectivity index (χ1n) is 2.06. The Labute approximate surface area is 48.6 Å². The smallest absolute Gasteiger partial charge is 0.288 e. The fourth-order valence-electron chi connectivity index (χ4n) is 0.351. The van der Waals surface area contributed by atoms with Crippen LogP contribution in [0.1, 0.15) is 0 Å². The molecule has 9 heavy (non-hydrogen) atoms. The Kier molecular flexibility index (Phi) is 1.26. The van der Waals surface area contributed by atoms with E-state index >= 15 is 0 Å². The summed E-state index contributed by atoms with van der Waals surface area (Å²) >= 11 is 0. The van der Waals surface area contributed by atoms with Crippen LogP contribution in [0.2, 0.25) is 0 Å². The van der Waals surface area contributed by atoms with Crippen molar-refractivity contribution in [3.8, 4) is 0 Å². The first-order valence-corrected chi connectivity index (χ1v) is 2.06. The minimum Gasteiger partial charge on any atom is -0.288 e. The third kappa shape index (κ3) is 1.37. The van der Waals surface area contributed by atoms with Crippen LogP contribution in [0.25, 0.3) is 0 Å². The number of aromatic amines is 2. The van der Waals surface area contributed by atoms with Crippen molar-refractivity contribution in [1.82, 2.24) is 15.2 Å². The molecule has 0 fully saturated rings. The molecule has 0 bridgehead atoms. The number of hydrogen-bond acceptors (Lipinski definition) is 3. The monoisotopic (exact) mass is 129 g/mol. The lowest BCUT2D eigenvalue weighted by Crippen LogP contribution is -2.08. The third-order valence-corrected chi connectivity index (χ3v) is 0.612. The van der Waals surface area contributed by atoms with E-state index in [1.165, 1.54) is 6.33 Å². The van der Waals surface area contributed by atoms with Crippen molar-refractivity contribution in [2.24, 2.45) is 5.10 Å². The standard InChI is InChI=1S/C2H3N5O2/c8-7(9)6-2-3-1-4-5-2/h1H,(H2,3,4,5,6). The molecule has 7 heteroatoms. The molecule has 1 aromatic heterocycles. The lowest BCUT2D eigenvalue weighted by atomic mass is 11.2. The first kappa shape index (κ1) is 5.48. The molecule has 1 rings (SSSR count). The van der Waals surface area contributed by atoms with E-state index in [0.29, 0.717) is 0 Å². The van der Waals surface area contributed by atoms with Crippen molar-refractivity contribution in [3.05, 3.63) is 22.1 Å². The second kappa shape index (κ2) is 2.07. The fraction of sp³-hybridized carbons (Fsp3) is 0. The molecule has 7 nitrogen and oxygen atoms in total. The summed E-state index contributed by atoms with van der Waals surface area (Å²) in [5.41, 5.74) is -0.0417. The maximum absolute atomic E-state index is 9.63. The van der Waals surface area contributed by atoms with Gasteiger partial charge in [0.2, 0.25) is 0 Å². The molecule has 0 radical (unpaired) electrons. The minimum atomic E-state index is -0.827. The zero-order chi connectivity index (χ0) is 6.69. The summed E-state index contributed by atoms with van der Waals surface area (Å²) in [4.78, 5) is 13.1. The molecule has 0 spiro atoms. The summed E-state index contributed by atoms with van der Waals surface area (Å²) in [6.45, 7) is 0. The highest BCUT2D eigenvalue weighted by Crippen LogP contribution is 1.61. The van der Waals surface area contributed by atoms with Gasteiger partial charge in [0.15, 0.2) is 5.03 Å². The van der Waals surface area contributed by atoms with Gasteiger partial charge in [0.25, 0.3) is 0 Å². The zero-order valence-electron chi connectivity index (χ0n) is 4.24. The highest BCUT2D eigenvalue weighted by atomic mass is 16.7. The van der Waals surface area contributed by atoms with Crippen LogP contribution in [0.5, 0.6) is 0 Å². The number of aromatic nitrogens is 3. The highest BCUT2D eigenvalue weighted by Gasteiger charge is 1.88. The van der Waals surface area contributed by atoms with Gasteiger partial charge in [-0.05, 0) is 0 Å². The SMILES string of the molecule is O=[N+]([O-])N=c1nc[nH][nH]1. The Morgan fingerprint density at radius 1 is 1.89 bits per heavy atom. The van der Waals surface area contributed by atoms with Crippen molar-refractivity contribution >= 4 is 0 Å². The van der Waals surface area contributed by atoms with Crippen molar-refractivity contribution in [2.45, 2.75) is 0 Å². The summed E-state index contributed by atoms with van der Waals surface area (Å²) in [7, 11) is 0. The van der Waals surface area contributed by atoms with E-state index in [1.54, 1.807) is 0 Å². The molecule has 0 aliphatic rings. The molecule has 0 aliphatic carbocycles. The maximum Gasteiger partial charge on any atom is 0.315 e. The quantitative estimate of drug-likeness (QED) is 0.369. The normalized spacial score (nSPS) is 11.8. The number of hydrogen-bond donors (Lipinski definition) is 2. The Bertz CT molecular complexity index is 241. The van der Waals surface area contributed by atoms with Crippen molar-refractivity contribution in [1.29, 1.82) is 0 Å². The summed E-state index contributed by atoms with van der Waals surface area (Å²) < 4.78 is 0. The average Bonchev–Trinajstić information content (AvgIpc) is 2.15. The molecule has 2 N–H and O–H groups in total. The summed E-state index contributed by atoms with van der Waals surface area (Å²) in [5, 5.41) is 16.4. The second-order valence-corrected chi connectivity index (χ2v) is 1.19. The second-order valence-electron chi connectivity index (χ2n) is 1.19. The van der Waals surface area contributed by atoms with Crippen molar-refractivity contribution in [3.63, 3.8) is 0 Å². The predicted molar refractivity (Wildman–Crippen MR) is 25.5 cm³/mol. The van der Waals surface area contributed by atoms with E-state index in [4.69, 9.17) is 0 Å². The Balaban J connectivity index is 3.00. The maximum atomic E-state index is 9.63. The van der Waals surface area contributed by atoms with Gasteiger partial charge in [-0.2, -0.15) is 4.98 Å². The molecule has 0 unspecified atom stereocenters. The molecule has 48 valence electrons. The number of nitro groups is 1. The summed E-state index contributed by atoms with van der Waals surface area (Å²) in [5.74, 6) is 0. The molecule has 0 amide bonds. The van der Waals surface area contributed by atoms with Gasteiger partial charge in [-0.15, -0.1) is 0 Å². The molecule has 0 aromatic carbocycles. The van der Waals surface area contributed by atoms with Gasteiger partial charge in [0.05, 0.1) is 0 Å². The molecular weight excluding hydrogens is 126 g/mol. The lowest BCUT2D eigenvalue weighted by molar-refractivity contribution is -0.491. The van der Waals surface area contributed by atoms with Gasteiger partial charge in [-0.3, -0.25) is 10.2 Å². The fourth-order valence-corrected chi connectivity index (χ4v) is 0.351. The van der Waals surface area contributed by atoms with E-state index in [1.807, 2.05) is 0 Å². The van der Waals surface area contributed by atoms with E-state index in [-0.39, 0.29) is 5.62 Å². The van der Waals surface area contributed by atoms with Crippen LogP contribution in [-0.2, 0) is 0 Å². The Hall–Kier alpha value is -1.66. The molecule has 0 atom stereocenters. The van der Waals surface area contributed by atoms with E-state index in [0.717, 1.165) is 0 Å². The summed E-state index contributed by atoms with van der Waals surface area (Å²) in [6.07, 6.45) is 1.27. The minimum absolute atomic E-state index is 0.0417. The molecule has 0 saturated heterocycles. The van der Waals surface area contributed by atoms with Crippen LogP contribution in [0.4, 0.5) is 0 Å². The molecule has 1 heterocycles. The van der Waals surface area contributed by atoms with Gasteiger partial charge in [-0.1, -0.05) is 0 Å². The Morgan fingerprint density at radius 2 is 2.67 bits per heavy atom. The van der Waals surface area contributed by atoms with Gasteiger partial charge in [0, 0.05) is 0 Å². The number of rotatable bonds is 1. The van der Waals surface area contributed by atoms with Gasteiger partial charge in [-0.25, -0.2) is 10.1 Å². The van der Waals surface area contributed by atoms with Crippen LogP contribution in [0.15, 0.2) is 11.4 Å². The van der Waals surface area contributed by atoms with Crippen molar-refractivity contribution < 1.29 is 5.03 Å². The van der Waals surface area contributed by atoms with Crippen molar-refractivity contribution in [2.75, 3.05) is 0 Å². The molecular formula is C2H3N5O2. The lowest BCUT2D eigenvalue weighted by Gasteiger charge is -1.68. The largest absolute Gasteiger partial charge is 0.315 e. The van der Waals surface area contributed by atoms with E-state index in [2.05, 4.69) is 20.3 Å². The highest BCUT2D eigenvalue weighted by molar-refractivity contribution is 4.46. The van der Waals surface area contributed by atoms with Crippen LogP contribution < -0.4 is 5.62 Å². The van der Waals surface area contributed by atoms with Gasteiger partial charge in [0.1, 0.15) is 11.4 Å². The van der Waals surface area contributed by atoms with E-state index in [9.17, 15) is 10.1 Å². The van der Waals surface area contributed by atoms with Crippen LogP contribution in [-0.4, -0.2) is 20.2 Å². The van der Waals surface area contributed by atoms with Crippen LogP contribution in [0, 0.1) is 10.1 Å². The molecule has 0 saturated carbocycles. The van der Waals surface area contributed by atoms with Crippen LogP contribution >= 0.6 is 0 Å². The van der Waals surface area contributed by atoms with E-state index < -0.39 is 5.03 Å². The molecule has 0 aliphatic heterocycles. The Morgan fingerprint density at radius 3 is 3.11 bits per heavy atom. The average molecular weight is 129 g/mol. The summed E-state index contributed by atoms with van der Waals surface area (Å²) in [6, 6.07) is 0. The van der Waals surface area contributed by atoms with Gasteiger partial charge >= 0.3 is 5.62 Å². The first-order chi connectivity index (χ1) is 4.29. The topological polar surface area (TPSA) is 100.0 Å². The molecule has 1 aromatic rings. The zero-order valence-corrected chi connectivity index (χ0v) is 4.24. The number of nitrogens with one attached hydrogen (secondary N) is 2. The van der Waals surface area contributed by atoms with Crippen LogP contribution in [0.3, 0.4) is 0 Å². The number of nitrogens with zero attached hydrogens (tertiary/aromatic N) is 3.